The van der Waals surface area contributed by atoms with Crippen molar-refractivity contribution in [3.63, 3.8) is 0 Å². The number of hydrogen-bond donors (Lipinski definition) is 2. The zero-order valence-electron chi connectivity index (χ0n) is 13.4. The minimum Gasteiger partial charge on any atom is -0.396 e. The lowest BCUT2D eigenvalue weighted by Crippen LogP contribution is -2.42. The molecule has 0 saturated carbocycles. The summed E-state index contributed by atoms with van der Waals surface area (Å²) in [5, 5.41) is 12.4. The van der Waals surface area contributed by atoms with Gasteiger partial charge in [-0.3, -0.25) is 14.7 Å². The first-order chi connectivity index (χ1) is 10.7. The Hall–Kier alpha value is -1.46. The van der Waals surface area contributed by atoms with Gasteiger partial charge in [-0.15, -0.1) is 0 Å². The normalized spacial score (nSPS) is 18.1. The molecule has 2 rings (SSSR count). The van der Waals surface area contributed by atoms with E-state index in [1.54, 1.807) is 6.20 Å². The van der Waals surface area contributed by atoms with Gasteiger partial charge in [0.2, 0.25) is 5.91 Å². The molecule has 0 radical (unpaired) electrons. The fraction of sp³-hybridized carbons (Fsp3) is 0.647. The van der Waals surface area contributed by atoms with Crippen LogP contribution in [0.15, 0.2) is 24.4 Å². The second kappa shape index (κ2) is 8.86. The van der Waals surface area contributed by atoms with Crippen molar-refractivity contribution in [2.45, 2.75) is 26.2 Å². The highest BCUT2D eigenvalue weighted by Gasteiger charge is 2.18. The van der Waals surface area contributed by atoms with E-state index in [1.807, 2.05) is 18.2 Å². The van der Waals surface area contributed by atoms with E-state index in [9.17, 15) is 9.90 Å². The lowest BCUT2D eigenvalue weighted by molar-refractivity contribution is -0.122. The van der Waals surface area contributed by atoms with Gasteiger partial charge in [0.25, 0.3) is 0 Å². The number of likely N-dealkylation sites (tertiary alicyclic amines) is 1. The number of pyridine rings is 1. The van der Waals surface area contributed by atoms with Crippen molar-refractivity contribution >= 4 is 5.91 Å². The van der Waals surface area contributed by atoms with Gasteiger partial charge in [-0.2, -0.15) is 0 Å². The monoisotopic (exact) mass is 305 g/mol. The minimum atomic E-state index is 0.0141. The quantitative estimate of drug-likeness (QED) is 0.791. The number of nitrogens with one attached hydrogen (secondary N) is 1. The molecule has 5 nitrogen and oxygen atoms in total. The van der Waals surface area contributed by atoms with Crippen molar-refractivity contribution in [1.29, 1.82) is 0 Å². The SMILES string of the molecule is CC1CCN(CC(=O)NCC(CO)Cc2ccccn2)CC1. The summed E-state index contributed by atoms with van der Waals surface area (Å²) in [7, 11) is 0. The Bertz CT molecular complexity index is 444. The fourth-order valence-corrected chi connectivity index (χ4v) is 2.75. The highest BCUT2D eigenvalue weighted by molar-refractivity contribution is 5.78. The molecule has 2 N–H and O–H groups in total. The van der Waals surface area contributed by atoms with Gasteiger partial charge < -0.3 is 10.4 Å². The molecule has 1 atom stereocenters. The van der Waals surface area contributed by atoms with E-state index < -0.39 is 0 Å². The first-order valence-corrected chi connectivity index (χ1v) is 8.17. The van der Waals surface area contributed by atoms with Crippen LogP contribution in [-0.2, 0) is 11.2 Å². The smallest absolute Gasteiger partial charge is 0.234 e. The van der Waals surface area contributed by atoms with Gasteiger partial charge in [-0.25, -0.2) is 0 Å². The number of amides is 1. The first-order valence-electron chi connectivity index (χ1n) is 8.17. The Kier molecular flexibility index (Phi) is 6.80. The van der Waals surface area contributed by atoms with Crippen LogP contribution < -0.4 is 5.32 Å². The van der Waals surface area contributed by atoms with E-state index in [-0.39, 0.29) is 18.4 Å². The summed E-state index contributed by atoms with van der Waals surface area (Å²) in [5.41, 5.74) is 0.945. The van der Waals surface area contributed by atoms with Crippen molar-refractivity contribution in [2.75, 3.05) is 32.8 Å². The highest BCUT2D eigenvalue weighted by Crippen LogP contribution is 2.15. The number of nitrogens with zero attached hydrogens (tertiary/aromatic N) is 2. The van der Waals surface area contributed by atoms with E-state index in [4.69, 9.17) is 0 Å². The number of hydrogen-bond acceptors (Lipinski definition) is 4. The molecule has 1 aromatic rings. The lowest BCUT2D eigenvalue weighted by atomic mass is 9.99. The zero-order chi connectivity index (χ0) is 15.8. The first kappa shape index (κ1) is 16.9. The topological polar surface area (TPSA) is 65.5 Å². The fourth-order valence-electron chi connectivity index (χ4n) is 2.75. The van der Waals surface area contributed by atoms with Crippen molar-refractivity contribution < 1.29 is 9.90 Å². The molecular weight excluding hydrogens is 278 g/mol. The molecule has 1 aromatic heterocycles. The van der Waals surface area contributed by atoms with Crippen LogP contribution in [0.4, 0.5) is 0 Å². The third-order valence-electron chi connectivity index (χ3n) is 4.31. The van der Waals surface area contributed by atoms with E-state index in [1.165, 1.54) is 12.8 Å². The Morgan fingerprint density at radius 3 is 2.86 bits per heavy atom. The Morgan fingerprint density at radius 2 is 2.23 bits per heavy atom. The van der Waals surface area contributed by atoms with Crippen molar-refractivity contribution in [3.05, 3.63) is 30.1 Å². The number of piperidine rings is 1. The Balaban J connectivity index is 1.70. The maximum atomic E-state index is 12.0. The number of aliphatic hydroxyl groups is 1. The second-order valence-electron chi connectivity index (χ2n) is 6.34. The lowest BCUT2D eigenvalue weighted by Gasteiger charge is -2.29. The van der Waals surface area contributed by atoms with Gasteiger partial charge in [-0.1, -0.05) is 13.0 Å². The van der Waals surface area contributed by atoms with Crippen molar-refractivity contribution in [1.82, 2.24) is 15.2 Å². The molecule has 22 heavy (non-hydrogen) atoms. The Labute approximate surface area is 132 Å². The van der Waals surface area contributed by atoms with Gasteiger partial charge >= 0.3 is 0 Å². The summed E-state index contributed by atoms with van der Waals surface area (Å²) >= 11 is 0. The zero-order valence-corrected chi connectivity index (χ0v) is 13.4. The van der Waals surface area contributed by atoms with Gasteiger partial charge in [0.15, 0.2) is 0 Å². The minimum absolute atomic E-state index is 0.0141. The van der Waals surface area contributed by atoms with Gasteiger partial charge in [-0.05, 0) is 50.4 Å². The molecule has 5 heteroatoms. The summed E-state index contributed by atoms with van der Waals surface area (Å²) in [6, 6.07) is 5.75. The molecule has 0 aromatic carbocycles. The average Bonchev–Trinajstić information content (AvgIpc) is 2.54. The molecule has 0 aliphatic carbocycles. The summed E-state index contributed by atoms with van der Waals surface area (Å²) in [6.45, 7) is 5.29. The number of carbonyl (C=O) groups is 1. The Morgan fingerprint density at radius 1 is 1.45 bits per heavy atom. The van der Waals surface area contributed by atoms with E-state index >= 15 is 0 Å². The molecule has 122 valence electrons. The highest BCUT2D eigenvalue weighted by atomic mass is 16.3. The van der Waals surface area contributed by atoms with Crippen molar-refractivity contribution in [2.24, 2.45) is 11.8 Å². The molecule has 1 amide bonds. The second-order valence-corrected chi connectivity index (χ2v) is 6.34. The largest absolute Gasteiger partial charge is 0.396 e. The molecule has 0 bridgehead atoms. The third-order valence-corrected chi connectivity index (χ3v) is 4.31. The van der Waals surface area contributed by atoms with Crippen LogP contribution in [0, 0.1) is 11.8 Å². The van der Waals surface area contributed by atoms with Crippen LogP contribution in [0.25, 0.3) is 0 Å². The maximum Gasteiger partial charge on any atom is 0.234 e. The summed E-state index contributed by atoms with van der Waals surface area (Å²) < 4.78 is 0. The summed E-state index contributed by atoms with van der Waals surface area (Å²) in [5.74, 6) is 0.839. The van der Waals surface area contributed by atoms with E-state index in [0.717, 1.165) is 24.7 Å². The average molecular weight is 305 g/mol. The number of aliphatic hydroxyl groups excluding tert-OH is 1. The summed E-state index contributed by atoms with van der Waals surface area (Å²) in [4.78, 5) is 18.5. The third kappa shape index (κ3) is 5.73. The van der Waals surface area contributed by atoms with Crippen LogP contribution in [0.1, 0.15) is 25.5 Å². The number of rotatable bonds is 7. The van der Waals surface area contributed by atoms with E-state index in [0.29, 0.717) is 19.5 Å². The van der Waals surface area contributed by atoms with Crippen LogP contribution in [-0.4, -0.2) is 53.7 Å². The molecule has 2 heterocycles. The molecular formula is C17H27N3O2. The van der Waals surface area contributed by atoms with Gasteiger partial charge in [0.1, 0.15) is 0 Å². The van der Waals surface area contributed by atoms with Crippen LogP contribution in [0.3, 0.4) is 0 Å². The molecule has 1 saturated heterocycles. The predicted molar refractivity (Wildman–Crippen MR) is 86.4 cm³/mol. The number of carbonyl (C=O) groups excluding carboxylic acids is 1. The predicted octanol–water partition coefficient (Wildman–Crippen LogP) is 1.08. The molecule has 1 aliphatic heterocycles. The molecule has 1 fully saturated rings. The standard InChI is InChI=1S/C17H27N3O2/c1-14-5-8-20(9-6-14)12-17(22)19-11-15(13-21)10-16-4-2-3-7-18-16/h2-4,7,14-15,21H,5-6,8-13H2,1H3,(H,19,22). The van der Waals surface area contributed by atoms with Crippen LogP contribution in [0.2, 0.25) is 0 Å². The van der Waals surface area contributed by atoms with Crippen molar-refractivity contribution in [3.8, 4) is 0 Å². The van der Waals surface area contributed by atoms with Crippen LogP contribution in [0.5, 0.6) is 0 Å². The maximum absolute atomic E-state index is 12.0. The number of aromatic nitrogens is 1. The molecule has 0 spiro atoms. The molecule has 1 unspecified atom stereocenters. The van der Waals surface area contributed by atoms with Gasteiger partial charge in [0.05, 0.1) is 6.54 Å². The van der Waals surface area contributed by atoms with Crippen LogP contribution >= 0.6 is 0 Å². The summed E-state index contributed by atoms with van der Waals surface area (Å²) in [6.07, 6.45) is 4.77. The van der Waals surface area contributed by atoms with E-state index in [2.05, 4.69) is 22.1 Å². The van der Waals surface area contributed by atoms with Gasteiger partial charge in [0, 0.05) is 31.0 Å². The molecule has 1 aliphatic rings.